The number of rotatable bonds is 8. The molecule has 1 saturated heterocycles. The summed E-state index contributed by atoms with van der Waals surface area (Å²) < 4.78 is 10.7. The second kappa shape index (κ2) is 11.7. The molecule has 0 radical (unpaired) electrons. The Kier molecular flexibility index (Phi) is 8.42. The van der Waals surface area contributed by atoms with Gasteiger partial charge in [0.1, 0.15) is 17.5 Å². The third-order valence-corrected chi connectivity index (χ3v) is 7.13. The number of carbonyl (C=O) groups excluding carboxylic acids is 2. The Bertz CT molecular complexity index is 1120. The molecule has 1 aliphatic carbocycles. The van der Waals surface area contributed by atoms with Gasteiger partial charge in [-0.2, -0.15) is 4.98 Å². The molecule has 2 aromatic rings. The van der Waals surface area contributed by atoms with Gasteiger partial charge in [-0.25, -0.2) is 9.78 Å². The quantitative estimate of drug-likeness (QED) is 0.481. The van der Waals surface area contributed by atoms with Gasteiger partial charge in [0, 0.05) is 42.8 Å². The van der Waals surface area contributed by atoms with Crippen molar-refractivity contribution in [2.75, 3.05) is 30.4 Å². The number of piperidine rings is 1. The van der Waals surface area contributed by atoms with Gasteiger partial charge in [0.25, 0.3) is 5.91 Å². The van der Waals surface area contributed by atoms with E-state index in [4.69, 9.17) is 25.9 Å². The highest BCUT2D eigenvalue weighted by atomic mass is 16.6. The van der Waals surface area contributed by atoms with Crippen LogP contribution < -0.4 is 21.7 Å². The molecule has 2 aliphatic rings. The molecule has 2 aromatic heterocycles. The van der Waals surface area contributed by atoms with Gasteiger partial charge < -0.3 is 31.2 Å². The van der Waals surface area contributed by atoms with Crippen LogP contribution in [0, 0.1) is 0 Å². The Morgan fingerprint density at radius 2 is 1.84 bits per heavy atom. The molecule has 37 heavy (non-hydrogen) atoms. The molecule has 1 aliphatic heterocycles. The number of aromatic nitrogens is 3. The Morgan fingerprint density at radius 1 is 1.08 bits per heavy atom. The lowest BCUT2D eigenvalue weighted by atomic mass is 9.84. The molecule has 0 aromatic carbocycles. The van der Waals surface area contributed by atoms with Crippen LogP contribution in [0.5, 0.6) is 0 Å². The van der Waals surface area contributed by atoms with Crippen LogP contribution in [0.2, 0.25) is 0 Å². The van der Waals surface area contributed by atoms with E-state index < -0.39 is 12.0 Å². The van der Waals surface area contributed by atoms with Crippen molar-refractivity contribution in [1.29, 1.82) is 0 Å². The second-order valence-corrected chi connectivity index (χ2v) is 10.1. The number of pyridine rings is 1. The molecule has 0 unspecified atom stereocenters. The highest BCUT2D eigenvalue weighted by Crippen LogP contribution is 2.35. The van der Waals surface area contributed by atoms with E-state index in [2.05, 4.69) is 29.1 Å². The fraction of sp³-hybridized carbons (Fsp3) is 0.577. The highest BCUT2D eigenvalue weighted by molar-refractivity contribution is 5.98. The highest BCUT2D eigenvalue weighted by Gasteiger charge is 2.26. The topological polar surface area (TPSA) is 159 Å². The first-order chi connectivity index (χ1) is 17.7. The number of amides is 2. The third-order valence-electron chi connectivity index (χ3n) is 7.13. The molecular weight excluding hydrogens is 474 g/mol. The number of nitrogens with two attached hydrogens (primary N) is 2. The van der Waals surface area contributed by atoms with Crippen molar-refractivity contribution in [1.82, 2.24) is 15.0 Å². The van der Waals surface area contributed by atoms with E-state index in [1.54, 1.807) is 7.11 Å². The Balaban J connectivity index is 1.62. The fourth-order valence-electron chi connectivity index (χ4n) is 5.06. The summed E-state index contributed by atoms with van der Waals surface area (Å²) in [5.41, 5.74) is 13.8. The number of carbonyl (C=O) groups is 2. The van der Waals surface area contributed by atoms with Crippen LogP contribution in [0.15, 0.2) is 18.3 Å². The van der Waals surface area contributed by atoms with Crippen molar-refractivity contribution in [3.8, 4) is 0 Å². The van der Waals surface area contributed by atoms with Crippen LogP contribution in [0.3, 0.4) is 0 Å². The van der Waals surface area contributed by atoms with Crippen molar-refractivity contribution in [2.45, 2.75) is 76.4 Å². The Labute approximate surface area is 217 Å². The van der Waals surface area contributed by atoms with Crippen LogP contribution in [0.1, 0.15) is 86.0 Å². The SMILES string of the molecule is COC1CCC(c2cc(Nc3nc(N4CCC[C@H](OC(N)=O)C4)ncc3C(N)=O)cc(C(C)C)n2)CC1. The van der Waals surface area contributed by atoms with Crippen molar-refractivity contribution < 1.29 is 19.1 Å². The Morgan fingerprint density at radius 3 is 2.49 bits per heavy atom. The number of primary amides is 2. The minimum Gasteiger partial charge on any atom is -0.445 e. The molecule has 1 atom stereocenters. The molecule has 4 rings (SSSR count). The zero-order valence-corrected chi connectivity index (χ0v) is 21.8. The maximum absolute atomic E-state index is 12.2. The molecule has 0 spiro atoms. The van der Waals surface area contributed by atoms with Crippen LogP contribution in [-0.2, 0) is 9.47 Å². The van der Waals surface area contributed by atoms with Gasteiger partial charge in [0.15, 0.2) is 0 Å². The number of ether oxygens (including phenoxy) is 2. The Hall–Kier alpha value is -3.47. The zero-order chi connectivity index (χ0) is 26.5. The average molecular weight is 512 g/mol. The van der Waals surface area contributed by atoms with Crippen molar-refractivity contribution in [3.05, 3.63) is 35.3 Å². The summed E-state index contributed by atoms with van der Waals surface area (Å²) in [5, 5.41) is 3.32. The molecule has 11 heteroatoms. The molecule has 3 heterocycles. The predicted octanol–water partition coefficient (Wildman–Crippen LogP) is 3.57. The lowest BCUT2D eigenvalue weighted by molar-refractivity contribution is 0.0655. The first kappa shape index (κ1) is 26.6. The number of nitrogens with zero attached hydrogens (tertiary/aromatic N) is 4. The van der Waals surface area contributed by atoms with Gasteiger partial charge in [-0.3, -0.25) is 9.78 Å². The number of hydrogen-bond acceptors (Lipinski definition) is 9. The molecule has 1 saturated carbocycles. The minimum atomic E-state index is -0.802. The number of hydrogen-bond donors (Lipinski definition) is 3. The first-order valence-electron chi connectivity index (χ1n) is 12.9. The van der Waals surface area contributed by atoms with E-state index in [9.17, 15) is 9.59 Å². The number of nitrogens with one attached hydrogen (secondary N) is 1. The van der Waals surface area contributed by atoms with Gasteiger partial charge in [0.05, 0.1) is 12.6 Å². The summed E-state index contributed by atoms with van der Waals surface area (Å²) in [6.45, 7) is 5.32. The van der Waals surface area contributed by atoms with Crippen LogP contribution in [-0.4, -0.2) is 59.4 Å². The number of anilines is 3. The zero-order valence-electron chi connectivity index (χ0n) is 21.8. The van der Waals surface area contributed by atoms with Crippen molar-refractivity contribution >= 4 is 29.5 Å². The van der Waals surface area contributed by atoms with E-state index in [1.165, 1.54) is 6.20 Å². The van der Waals surface area contributed by atoms with Gasteiger partial charge in [-0.05, 0) is 56.6 Å². The predicted molar refractivity (Wildman–Crippen MR) is 140 cm³/mol. The van der Waals surface area contributed by atoms with Crippen molar-refractivity contribution in [3.63, 3.8) is 0 Å². The van der Waals surface area contributed by atoms with Crippen LogP contribution in [0.25, 0.3) is 0 Å². The lowest BCUT2D eigenvalue weighted by Gasteiger charge is -2.32. The maximum Gasteiger partial charge on any atom is 0.404 e. The number of methoxy groups -OCH3 is 1. The van der Waals surface area contributed by atoms with Crippen molar-refractivity contribution in [2.24, 2.45) is 11.5 Å². The van der Waals surface area contributed by atoms with E-state index in [1.807, 2.05) is 17.0 Å². The first-order valence-corrected chi connectivity index (χ1v) is 12.9. The molecule has 2 fully saturated rings. The van der Waals surface area contributed by atoms with Crippen LogP contribution >= 0.6 is 0 Å². The largest absolute Gasteiger partial charge is 0.445 e. The average Bonchev–Trinajstić information content (AvgIpc) is 2.88. The summed E-state index contributed by atoms with van der Waals surface area (Å²) in [4.78, 5) is 39.3. The monoisotopic (exact) mass is 511 g/mol. The van der Waals surface area contributed by atoms with E-state index in [0.29, 0.717) is 43.3 Å². The molecule has 200 valence electrons. The summed E-state index contributed by atoms with van der Waals surface area (Å²) >= 11 is 0. The standard InChI is InChI=1S/C26H37N7O4/c1-15(2)21-11-17(12-22(31-21)16-6-8-18(36-3)9-7-16)30-24-20(23(27)34)13-29-26(32-24)33-10-4-5-19(14-33)37-25(28)35/h11-13,15-16,18-19H,4-10,14H2,1-3H3,(H2,27,34)(H2,28,35)(H,29,30,31,32)/t16?,18?,19-/m0/s1. The molecular formula is C26H37N7O4. The molecule has 5 N–H and O–H groups in total. The van der Waals surface area contributed by atoms with Gasteiger partial charge in [-0.15, -0.1) is 0 Å². The van der Waals surface area contributed by atoms with E-state index in [-0.39, 0.29) is 17.6 Å². The van der Waals surface area contributed by atoms with E-state index in [0.717, 1.165) is 49.2 Å². The normalized spacial score (nSPS) is 22.1. The van der Waals surface area contributed by atoms with Gasteiger partial charge >= 0.3 is 6.09 Å². The lowest BCUT2D eigenvalue weighted by Crippen LogP contribution is -2.42. The second-order valence-electron chi connectivity index (χ2n) is 10.1. The molecule has 0 bridgehead atoms. The fourth-order valence-corrected chi connectivity index (χ4v) is 5.06. The van der Waals surface area contributed by atoms with Gasteiger partial charge in [0.2, 0.25) is 5.95 Å². The summed E-state index contributed by atoms with van der Waals surface area (Å²) in [7, 11) is 1.77. The molecule has 11 nitrogen and oxygen atoms in total. The smallest absolute Gasteiger partial charge is 0.404 e. The van der Waals surface area contributed by atoms with Gasteiger partial charge in [-0.1, -0.05) is 13.8 Å². The van der Waals surface area contributed by atoms with Crippen LogP contribution in [0.4, 0.5) is 22.2 Å². The third kappa shape index (κ3) is 6.65. The summed E-state index contributed by atoms with van der Waals surface area (Å²) in [6.07, 6.45) is 6.15. The minimum absolute atomic E-state index is 0.191. The van der Waals surface area contributed by atoms with E-state index >= 15 is 0 Å². The maximum atomic E-state index is 12.2. The molecule has 2 amide bonds. The summed E-state index contributed by atoms with van der Waals surface area (Å²) in [6, 6.07) is 4.02. The summed E-state index contributed by atoms with van der Waals surface area (Å²) in [5.74, 6) is 0.687.